The molecule has 2 saturated carbocycles. The summed E-state index contributed by atoms with van der Waals surface area (Å²) in [6, 6.07) is 4.75. The van der Waals surface area contributed by atoms with Crippen LogP contribution < -0.4 is 9.64 Å². The molecule has 2 aliphatic rings. The number of ether oxygens (including phenoxy) is 1. The van der Waals surface area contributed by atoms with Crippen molar-refractivity contribution in [3.8, 4) is 16.9 Å². The van der Waals surface area contributed by atoms with Gasteiger partial charge in [0.1, 0.15) is 11.9 Å². The first-order valence-corrected chi connectivity index (χ1v) is 10.9. The van der Waals surface area contributed by atoms with Gasteiger partial charge in [0, 0.05) is 68.3 Å². The molecule has 0 saturated heterocycles. The fourth-order valence-electron chi connectivity index (χ4n) is 4.58. The number of hydrogen-bond acceptors (Lipinski definition) is 5. The van der Waals surface area contributed by atoms with Gasteiger partial charge < -0.3 is 14.0 Å². The van der Waals surface area contributed by atoms with Crippen LogP contribution in [0.15, 0.2) is 55.6 Å². The normalized spacial score (nSPS) is 20.6. The zero-order valence-electron chi connectivity index (χ0n) is 17.8. The molecule has 0 atom stereocenters. The molecule has 2 fully saturated rings. The molecule has 0 bridgehead atoms. The van der Waals surface area contributed by atoms with E-state index in [1.807, 2.05) is 42.8 Å². The molecule has 31 heavy (non-hydrogen) atoms. The summed E-state index contributed by atoms with van der Waals surface area (Å²) in [5, 5.41) is 4.29. The number of hydrogen-bond donors (Lipinski definition) is 0. The Hall–Kier alpha value is -3.35. The van der Waals surface area contributed by atoms with Gasteiger partial charge >= 0.3 is 0 Å². The summed E-state index contributed by atoms with van der Waals surface area (Å²) in [5.74, 6) is 1.53. The summed E-state index contributed by atoms with van der Waals surface area (Å²) in [4.78, 5) is 11.1. The Kier molecular flexibility index (Phi) is 4.23. The van der Waals surface area contributed by atoms with Crippen LogP contribution in [0.2, 0.25) is 0 Å². The van der Waals surface area contributed by atoms with E-state index < -0.39 is 0 Å². The van der Waals surface area contributed by atoms with Crippen molar-refractivity contribution >= 4 is 11.2 Å². The van der Waals surface area contributed by atoms with Crippen LogP contribution in [-0.4, -0.2) is 43.3 Å². The second kappa shape index (κ2) is 7.11. The largest absolute Gasteiger partial charge is 0.488 e. The standard InChI is InChI=1S/C24H26N6O/c1-28-14-20(10-27-28)29(2)19-7-21(8-19)31-23-12-25-11-22(24(23)16-3-4-16)17-5-6-18-9-26-15-30(18)13-17/h5-6,9-16,19,21H,3-4,7-8H2,1-2H3. The summed E-state index contributed by atoms with van der Waals surface area (Å²) in [6.07, 6.45) is 18.4. The number of aromatic nitrogens is 5. The highest BCUT2D eigenvalue weighted by Gasteiger charge is 2.36. The smallest absolute Gasteiger partial charge is 0.142 e. The number of nitrogens with zero attached hydrogens (tertiary/aromatic N) is 6. The number of anilines is 1. The molecule has 4 aromatic heterocycles. The van der Waals surface area contributed by atoms with Gasteiger partial charge in [0.2, 0.25) is 0 Å². The molecule has 7 nitrogen and oxygen atoms in total. The van der Waals surface area contributed by atoms with Crippen molar-refractivity contribution < 1.29 is 4.74 Å². The second-order valence-corrected chi connectivity index (χ2v) is 8.86. The highest BCUT2D eigenvalue weighted by atomic mass is 16.5. The quantitative estimate of drug-likeness (QED) is 0.476. The summed E-state index contributed by atoms with van der Waals surface area (Å²) in [5.41, 5.74) is 5.91. The maximum absolute atomic E-state index is 6.51. The first kappa shape index (κ1) is 18.4. The zero-order chi connectivity index (χ0) is 20.9. The van der Waals surface area contributed by atoms with Crippen LogP contribution in [0.25, 0.3) is 16.6 Å². The Labute approximate surface area is 181 Å². The Morgan fingerprint density at radius 1 is 1.03 bits per heavy atom. The summed E-state index contributed by atoms with van der Waals surface area (Å²) < 4.78 is 10.4. The van der Waals surface area contributed by atoms with E-state index in [0.717, 1.165) is 35.4 Å². The van der Waals surface area contributed by atoms with Crippen molar-refractivity contribution in [2.45, 2.75) is 43.7 Å². The van der Waals surface area contributed by atoms with Crippen molar-refractivity contribution in [2.75, 3.05) is 11.9 Å². The Morgan fingerprint density at radius 2 is 1.90 bits per heavy atom. The minimum Gasteiger partial charge on any atom is -0.488 e. The van der Waals surface area contributed by atoms with Gasteiger partial charge in [0.25, 0.3) is 0 Å². The predicted octanol–water partition coefficient (Wildman–Crippen LogP) is 4.05. The number of imidazole rings is 1. The van der Waals surface area contributed by atoms with Crippen LogP contribution in [0.3, 0.4) is 0 Å². The van der Waals surface area contributed by atoms with Gasteiger partial charge in [-0.05, 0) is 24.8 Å². The molecule has 0 spiro atoms. The third kappa shape index (κ3) is 3.34. The van der Waals surface area contributed by atoms with E-state index in [9.17, 15) is 0 Å². The van der Waals surface area contributed by atoms with Crippen molar-refractivity contribution in [3.63, 3.8) is 0 Å². The molecule has 0 N–H and O–H groups in total. The molecular weight excluding hydrogens is 388 g/mol. The van der Waals surface area contributed by atoms with Gasteiger partial charge in [-0.2, -0.15) is 5.10 Å². The average molecular weight is 415 g/mol. The molecule has 7 heteroatoms. The van der Waals surface area contributed by atoms with Gasteiger partial charge in [-0.15, -0.1) is 0 Å². The monoisotopic (exact) mass is 414 g/mol. The van der Waals surface area contributed by atoms with E-state index in [1.54, 1.807) is 0 Å². The van der Waals surface area contributed by atoms with Gasteiger partial charge in [-0.3, -0.25) is 9.67 Å². The highest BCUT2D eigenvalue weighted by Crippen LogP contribution is 2.49. The summed E-state index contributed by atoms with van der Waals surface area (Å²) in [7, 11) is 4.09. The number of aryl methyl sites for hydroxylation is 1. The van der Waals surface area contributed by atoms with Crippen LogP contribution in [0.1, 0.15) is 37.2 Å². The van der Waals surface area contributed by atoms with Gasteiger partial charge in [0.05, 0.1) is 36.1 Å². The van der Waals surface area contributed by atoms with E-state index in [2.05, 4.69) is 55.9 Å². The van der Waals surface area contributed by atoms with Crippen LogP contribution in [-0.2, 0) is 7.05 Å². The predicted molar refractivity (Wildman–Crippen MR) is 119 cm³/mol. The lowest BCUT2D eigenvalue weighted by Gasteiger charge is -2.41. The SMILES string of the molecule is CN(c1cnn(C)c1)C1CC(Oc2cncc(-c3ccc4cncn4c3)c2C2CC2)C1. The molecular formula is C24H26N6O. The molecule has 6 rings (SSSR count). The third-order valence-electron chi connectivity index (χ3n) is 6.67. The van der Waals surface area contributed by atoms with E-state index in [1.165, 1.54) is 24.0 Å². The fraction of sp³-hybridized carbons (Fsp3) is 0.375. The Bertz CT molecular complexity index is 1230. The molecule has 4 aromatic rings. The zero-order valence-corrected chi connectivity index (χ0v) is 17.8. The van der Waals surface area contributed by atoms with Gasteiger partial charge in [-0.25, -0.2) is 4.98 Å². The molecule has 0 amide bonds. The topological polar surface area (TPSA) is 60.5 Å². The maximum Gasteiger partial charge on any atom is 0.142 e. The lowest BCUT2D eigenvalue weighted by molar-refractivity contribution is 0.0972. The molecule has 0 aliphatic heterocycles. The van der Waals surface area contributed by atoms with Crippen molar-refractivity contribution in [1.82, 2.24) is 24.1 Å². The van der Waals surface area contributed by atoms with Gasteiger partial charge in [-0.1, -0.05) is 6.07 Å². The van der Waals surface area contributed by atoms with Crippen LogP contribution in [0, 0.1) is 0 Å². The van der Waals surface area contributed by atoms with Crippen LogP contribution in [0.4, 0.5) is 5.69 Å². The molecule has 0 aromatic carbocycles. The Balaban J connectivity index is 1.23. The first-order chi connectivity index (χ1) is 15.2. The lowest BCUT2D eigenvalue weighted by Crippen LogP contribution is -2.47. The first-order valence-electron chi connectivity index (χ1n) is 10.9. The summed E-state index contributed by atoms with van der Waals surface area (Å²) in [6.45, 7) is 0. The highest BCUT2D eigenvalue weighted by molar-refractivity contribution is 5.71. The maximum atomic E-state index is 6.51. The minimum atomic E-state index is 0.231. The molecule has 0 radical (unpaired) electrons. The summed E-state index contributed by atoms with van der Waals surface area (Å²) >= 11 is 0. The molecule has 2 aliphatic carbocycles. The molecule has 0 unspecified atom stereocenters. The van der Waals surface area contributed by atoms with E-state index >= 15 is 0 Å². The van der Waals surface area contributed by atoms with Crippen LogP contribution in [0.5, 0.6) is 5.75 Å². The number of pyridine rings is 2. The van der Waals surface area contributed by atoms with E-state index in [4.69, 9.17) is 4.74 Å². The average Bonchev–Trinajstić information content (AvgIpc) is 3.31. The van der Waals surface area contributed by atoms with E-state index in [-0.39, 0.29) is 6.10 Å². The lowest BCUT2D eigenvalue weighted by atomic mass is 9.87. The van der Waals surface area contributed by atoms with Crippen LogP contribution >= 0.6 is 0 Å². The van der Waals surface area contributed by atoms with Crippen molar-refractivity contribution in [1.29, 1.82) is 0 Å². The Morgan fingerprint density at radius 3 is 2.68 bits per heavy atom. The number of fused-ring (bicyclic) bond motifs is 1. The van der Waals surface area contributed by atoms with Crippen molar-refractivity contribution in [3.05, 3.63) is 61.2 Å². The fourth-order valence-corrected chi connectivity index (χ4v) is 4.58. The second-order valence-electron chi connectivity index (χ2n) is 8.86. The van der Waals surface area contributed by atoms with Crippen molar-refractivity contribution in [2.24, 2.45) is 7.05 Å². The number of rotatable bonds is 6. The van der Waals surface area contributed by atoms with E-state index in [0.29, 0.717) is 12.0 Å². The third-order valence-corrected chi connectivity index (χ3v) is 6.67. The molecule has 4 heterocycles. The molecule has 158 valence electrons. The van der Waals surface area contributed by atoms with Gasteiger partial charge in [0.15, 0.2) is 0 Å². The minimum absolute atomic E-state index is 0.231.